The summed E-state index contributed by atoms with van der Waals surface area (Å²) in [4.78, 5) is 43.2. The summed E-state index contributed by atoms with van der Waals surface area (Å²) in [6, 6.07) is 11.6. The minimum absolute atomic E-state index is 0.166. The van der Waals surface area contributed by atoms with Crippen molar-refractivity contribution in [2.75, 3.05) is 24.4 Å². The number of carbonyl (C=O) groups excluding carboxylic acids is 3. The molecule has 4 rings (SSSR count). The molecule has 2 aromatic rings. The highest BCUT2D eigenvalue weighted by Crippen LogP contribution is 2.46. The van der Waals surface area contributed by atoms with E-state index in [4.69, 9.17) is 9.47 Å². The number of fused-ring (bicyclic) bond motifs is 3. The molecule has 31 heavy (non-hydrogen) atoms. The molecule has 162 valence electrons. The first-order chi connectivity index (χ1) is 14.8. The third-order valence-electron chi connectivity index (χ3n) is 5.79. The summed E-state index contributed by atoms with van der Waals surface area (Å²) in [5.41, 5.74) is -0.124. The summed E-state index contributed by atoms with van der Waals surface area (Å²) in [5, 5.41) is 2.89. The lowest BCUT2D eigenvalue weighted by Gasteiger charge is -2.50. The SMILES string of the molecule is COc1cc(NC(=O)C23CCC(=O)N2c2ccccc2C(=O)N3C(C)C)cc(OC)c1. The van der Waals surface area contributed by atoms with Crippen molar-refractivity contribution in [2.24, 2.45) is 0 Å². The molecule has 3 amide bonds. The number of para-hydroxylation sites is 1. The first-order valence-corrected chi connectivity index (χ1v) is 10.1. The molecule has 8 nitrogen and oxygen atoms in total. The van der Waals surface area contributed by atoms with Crippen LogP contribution in [-0.4, -0.2) is 48.5 Å². The fourth-order valence-electron chi connectivity index (χ4n) is 4.52. The maximum atomic E-state index is 13.8. The number of hydrogen-bond acceptors (Lipinski definition) is 5. The molecule has 2 heterocycles. The van der Waals surface area contributed by atoms with Gasteiger partial charge in [0, 0.05) is 42.8 Å². The molecule has 1 fully saturated rings. The van der Waals surface area contributed by atoms with E-state index >= 15 is 0 Å². The second-order valence-electron chi connectivity index (χ2n) is 7.89. The van der Waals surface area contributed by atoms with Crippen molar-refractivity contribution in [3.8, 4) is 11.5 Å². The lowest BCUT2D eigenvalue weighted by atomic mass is 9.94. The van der Waals surface area contributed by atoms with Crippen molar-refractivity contribution in [1.82, 2.24) is 4.90 Å². The Bertz CT molecular complexity index is 1040. The number of benzene rings is 2. The molecule has 1 unspecified atom stereocenters. The highest BCUT2D eigenvalue weighted by Gasteiger charge is 2.61. The zero-order chi connectivity index (χ0) is 22.3. The van der Waals surface area contributed by atoms with Crippen LogP contribution in [0.4, 0.5) is 11.4 Å². The lowest BCUT2D eigenvalue weighted by molar-refractivity contribution is -0.129. The van der Waals surface area contributed by atoms with Gasteiger partial charge in [-0.15, -0.1) is 0 Å². The summed E-state index contributed by atoms with van der Waals surface area (Å²) >= 11 is 0. The van der Waals surface area contributed by atoms with Crippen molar-refractivity contribution in [3.05, 3.63) is 48.0 Å². The third kappa shape index (κ3) is 3.10. The zero-order valence-electron chi connectivity index (χ0n) is 18.0. The van der Waals surface area contributed by atoms with E-state index in [1.807, 2.05) is 13.8 Å². The van der Waals surface area contributed by atoms with Gasteiger partial charge in [-0.25, -0.2) is 0 Å². The van der Waals surface area contributed by atoms with Gasteiger partial charge in [-0.05, 0) is 26.0 Å². The molecular formula is C23H25N3O5. The van der Waals surface area contributed by atoms with Crippen LogP contribution in [0.2, 0.25) is 0 Å². The van der Waals surface area contributed by atoms with E-state index in [1.165, 1.54) is 24.0 Å². The zero-order valence-corrected chi connectivity index (χ0v) is 18.0. The quantitative estimate of drug-likeness (QED) is 0.799. The molecule has 0 aromatic heterocycles. The first kappa shape index (κ1) is 20.7. The Hall–Kier alpha value is -3.55. The number of anilines is 2. The molecule has 0 aliphatic carbocycles. The van der Waals surface area contributed by atoms with Crippen LogP contribution in [0.5, 0.6) is 11.5 Å². The Balaban J connectivity index is 1.83. The highest BCUT2D eigenvalue weighted by atomic mass is 16.5. The van der Waals surface area contributed by atoms with E-state index in [2.05, 4.69) is 5.32 Å². The number of nitrogens with one attached hydrogen (secondary N) is 1. The summed E-state index contributed by atoms with van der Waals surface area (Å²) in [6.07, 6.45) is 0.372. The Morgan fingerprint density at radius 1 is 1.06 bits per heavy atom. The van der Waals surface area contributed by atoms with E-state index in [-0.39, 0.29) is 30.7 Å². The Kier molecular flexibility index (Phi) is 5.08. The Morgan fingerprint density at radius 2 is 1.71 bits per heavy atom. The van der Waals surface area contributed by atoms with E-state index in [0.29, 0.717) is 28.4 Å². The second kappa shape index (κ2) is 7.61. The molecule has 1 atom stereocenters. The van der Waals surface area contributed by atoms with Crippen LogP contribution in [0, 0.1) is 0 Å². The molecule has 2 aromatic carbocycles. The fourth-order valence-corrected chi connectivity index (χ4v) is 4.52. The lowest BCUT2D eigenvalue weighted by Crippen LogP contribution is -2.70. The monoisotopic (exact) mass is 423 g/mol. The number of hydrogen-bond donors (Lipinski definition) is 1. The van der Waals surface area contributed by atoms with Gasteiger partial charge in [-0.1, -0.05) is 12.1 Å². The molecule has 2 aliphatic rings. The van der Waals surface area contributed by atoms with Crippen molar-refractivity contribution in [1.29, 1.82) is 0 Å². The molecule has 8 heteroatoms. The summed E-state index contributed by atoms with van der Waals surface area (Å²) in [7, 11) is 3.04. The Labute approximate surface area is 180 Å². The van der Waals surface area contributed by atoms with Crippen molar-refractivity contribution in [2.45, 2.75) is 38.4 Å². The van der Waals surface area contributed by atoms with E-state index in [1.54, 1.807) is 42.5 Å². The topological polar surface area (TPSA) is 88.2 Å². The molecule has 1 N–H and O–H groups in total. The van der Waals surface area contributed by atoms with Crippen molar-refractivity contribution < 1.29 is 23.9 Å². The van der Waals surface area contributed by atoms with Gasteiger partial charge in [-0.2, -0.15) is 0 Å². The van der Waals surface area contributed by atoms with Crippen LogP contribution in [0.15, 0.2) is 42.5 Å². The molecular weight excluding hydrogens is 398 g/mol. The summed E-state index contributed by atoms with van der Waals surface area (Å²) in [5.74, 6) is 0.110. The van der Waals surface area contributed by atoms with Gasteiger partial charge in [-0.3, -0.25) is 19.3 Å². The van der Waals surface area contributed by atoms with Gasteiger partial charge < -0.3 is 19.7 Å². The van der Waals surface area contributed by atoms with Gasteiger partial charge in [0.15, 0.2) is 0 Å². The van der Waals surface area contributed by atoms with E-state index in [9.17, 15) is 14.4 Å². The average Bonchev–Trinajstić information content (AvgIpc) is 3.11. The van der Waals surface area contributed by atoms with Crippen LogP contribution in [-0.2, 0) is 9.59 Å². The first-order valence-electron chi connectivity index (χ1n) is 10.1. The van der Waals surface area contributed by atoms with Crippen LogP contribution < -0.4 is 19.7 Å². The predicted molar refractivity (Wildman–Crippen MR) is 115 cm³/mol. The number of nitrogens with zero attached hydrogens (tertiary/aromatic N) is 2. The van der Waals surface area contributed by atoms with Gasteiger partial charge >= 0.3 is 0 Å². The molecule has 1 saturated heterocycles. The van der Waals surface area contributed by atoms with Crippen molar-refractivity contribution >= 4 is 29.1 Å². The van der Waals surface area contributed by atoms with Gasteiger partial charge in [0.1, 0.15) is 11.5 Å². The minimum atomic E-state index is -1.45. The van der Waals surface area contributed by atoms with Crippen LogP contribution in [0.1, 0.15) is 37.0 Å². The maximum Gasteiger partial charge on any atom is 0.271 e. The van der Waals surface area contributed by atoms with E-state index in [0.717, 1.165) is 0 Å². The van der Waals surface area contributed by atoms with E-state index < -0.39 is 11.6 Å². The third-order valence-corrected chi connectivity index (χ3v) is 5.79. The smallest absolute Gasteiger partial charge is 0.271 e. The Morgan fingerprint density at radius 3 is 2.32 bits per heavy atom. The largest absolute Gasteiger partial charge is 0.497 e. The van der Waals surface area contributed by atoms with Crippen LogP contribution >= 0.6 is 0 Å². The molecule has 2 aliphatic heterocycles. The fraction of sp³-hybridized carbons (Fsp3) is 0.348. The number of ether oxygens (including phenoxy) is 2. The molecule has 0 saturated carbocycles. The minimum Gasteiger partial charge on any atom is -0.497 e. The second-order valence-corrected chi connectivity index (χ2v) is 7.89. The number of methoxy groups -OCH3 is 2. The standard InChI is InChI=1S/C23H25N3O5/c1-14(2)25-21(28)18-7-5-6-8-19(18)26-20(27)9-10-23(25,26)22(29)24-15-11-16(30-3)13-17(12-15)31-4/h5-8,11-14H,9-10H2,1-4H3,(H,24,29). The molecule has 0 spiro atoms. The number of carbonyl (C=O) groups is 3. The van der Waals surface area contributed by atoms with Gasteiger partial charge in [0.2, 0.25) is 11.6 Å². The van der Waals surface area contributed by atoms with Crippen molar-refractivity contribution in [3.63, 3.8) is 0 Å². The number of rotatable bonds is 5. The molecule has 0 bridgehead atoms. The average molecular weight is 423 g/mol. The molecule has 0 radical (unpaired) electrons. The maximum absolute atomic E-state index is 13.8. The van der Waals surface area contributed by atoms with Crippen LogP contribution in [0.3, 0.4) is 0 Å². The van der Waals surface area contributed by atoms with Gasteiger partial charge in [0.25, 0.3) is 11.8 Å². The number of amides is 3. The van der Waals surface area contributed by atoms with Gasteiger partial charge in [0.05, 0.1) is 25.5 Å². The predicted octanol–water partition coefficient (Wildman–Crippen LogP) is 3.03. The highest BCUT2D eigenvalue weighted by molar-refractivity contribution is 6.18. The summed E-state index contributed by atoms with van der Waals surface area (Å²) < 4.78 is 10.6. The normalized spacial score (nSPS) is 19.9. The van der Waals surface area contributed by atoms with Crippen LogP contribution in [0.25, 0.3) is 0 Å². The summed E-state index contributed by atoms with van der Waals surface area (Å²) in [6.45, 7) is 3.69.